The van der Waals surface area contributed by atoms with Gasteiger partial charge in [0.1, 0.15) is 0 Å². The van der Waals surface area contributed by atoms with Crippen LogP contribution in [-0.4, -0.2) is 4.57 Å². The second-order valence-corrected chi connectivity index (χ2v) is 5.12. The van der Waals surface area contributed by atoms with Gasteiger partial charge in [0.15, 0.2) is 0 Å². The van der Waals surface area contributed by atoms with Crippen molar-refractivity contribution in [2.24, 2.45) is 0 Å². The van der Waals surface area contributed by atoms with E-state index in [0.717, 1.165) is 18.7 Å². The molecule has 2 heteroatoms. The molecule has 0 spiro atoms. The predicted octanol–water partition coefficient (Wildman–Crippen LogP) is 4.65. The van der Waals surface area contributed by atoms with Crippen molar-refractivity contribution in [3.8, 4) is 5.69 Å². The van der Waals surface area contributed by atoms with Gasteiger partial charge in [-0.25, -0.2) is 0 Å². The van der Waals surface area contributed by atoms with E-state index in [1.807, 2.05) is 12.1 Å². The maximum Gasteiger partial charge on any atom is 0.0469 e. The number of nitrogens with zero attached hydrogens (tertiary/aromatic N) is 1. The molecule has 0 fully saturated rings. The van der Waals surface area contributed by atoms with Crippen LogP contribution in [-0.2, 0) is 13.0 Å². The van der Waals surface area contributed by atoms with E-state index in [4.69, 9.17) is 0 Å². The van der Waals surface area contributed by atoms with Gasteiger partial charge in [0.25, 0.3) is 0 Å². The molecule has 0 aliphatic carbocycles. The van der Waals surface area contributed by atoms with Crippen molar-refractivity contribution in [2.45, 2.75) is 19.9 Å². The van der Waals surface area contributed by atoms with Gasteiger partial charge < -0.3 is 9.88 Å². The zero-order valence-electron chi connectivity index (χ0n) is 12.3. The van der Waals surface area contributed by atoms with Gasteiger partial charge in [0.2, 0.25) is 0 Å². The van der Waals surface area contributed by atoms with Gasteiger partial charge in [-0.1, -0.05) is 37.3 Å². The first-order valence-corrected chi connectivity index (χ1v) is 7.41. The molecule has 1 aromatic heterocycles. The number of hydrogen-bond acceptors (Lipinski definition) is 1. The lowest BCUT2D eigenvalue weighted by atomic mass is 10.1. The molecule has 3 rings (SSSR count). The Kier molecular flexibility index (Phi) is 4.06. The van der Waals surface area contributed by atoms with Crippen LogP contribution in [0.1, 0.15) is 18.1 Å². The van der Waals surface area contributed by atoms with Gasteiger partial charge in [-0.15, -0.1) is 0 Å². The van der Waals surface area contributed by atoms with E-state index in [9.17, 15) is 0 Å². The molecule has 1 N–H and O–H groups in total. The summed E-state index contributed by atoms with van der Waals surface area (Å²) in [6, 6.07) is 21.2. The molecule has 2 nitrogen and oxygen atoms in total. The van der Waals surface area contributed by atoms with Crippen LogP contribution < -0.4 is 5.32 Å². The molecule has 0 radical (unpaired) electrons. The minimum absolute atomic E-state index is 0.860. The lowest BCUT2D eigenvalue weighted by Crippen LogP contribution is -2.03. The van der Waals surface area contributed by atoms with Crippen LogP contribution in [0, 0.1) is 0 Å². The third-order valence-corrected chi connectivity index (χ3v) is 3.73. The molecule has 21 heavy (non-hydrogen) atoms. The van der Waals surface area contributed by atoms with E-state index in [1.165, 1.54) is 16.8 Å². The molecule has 0 saturated heterocycles. The van der Waals surface area contributed by atoms with Crippen LogP contribution in [0.2, 0.25) is 0 Å². The lowest BCUT2D eigenvalue weighted by molar-refractivity contribution is 1.04. The fourth-order valence-corrected chi connectivity index (χ4v) is 2.56. The van der Waals surface area contributed by atoms with Gasteiger partial charge in [0.05, 0.1) is 0 Å². The summed E-state index contributed by atoms with van der Waals surface area (Å²) in [4.78, 5) is 0. The summed E-state index contributed by atoms with van der Waals surface area (Å²) in [5.74, 6) is 0. The van der Waals surface area contributed by atoms with E-state index in [0.29, 0.717) is 0 Å². The van der Waals surface area contributed by atoms with Gasteiger partial charge in [0, 0.05) is 30.3 Å². The first kappa shape index (κ1) is 13.5. The molecule has 0 unspecified atom stereocenters. The van der Waals surface area contributed by atoms with Crippen molar-refractivity contribution in [2.75, 3.05) is 5.32 Å². The lowest BCUT2D eigenvalue weighted by Gasteiger charge is -2.11. The summed E-state index contributed by atoms with van der Waals surface area (Å²) in [6.07, 6.45) is 5.19. The number of rotatable bonds is 5. The molecular weight excluding hydrogens is 256 g/mol. The third-order valence-electron chi connectivity index (χ3n) is 3.73. The molecule has 0 atom stereocenters. The van der Waals surface area contributed by atoms with E-state index < -0.39 is 0 Å². The van der Waals surface area contributed by atoms with Crippen LogP contribution >= 0.6 is 0 Å². The van der Waals surface area contributed by atoms with Crippen LogP contribution in [0.4, 0.5) is 5.69 Å². The zero-order chi connectivity index (χ0) is 14.5. The maximum absolute atomic E-state index is 3.52. The minimum atomic E-state index is 0.860. The summed E-state index contributed by atoms with van der Waals surface area (Å²) < 4.78 is 2.12. The van der Waals surface area contributed by atoms with Crippen molar-refractivity contribution in [3.63, 3.8) is 0 Å². The number of aryl methyl sites for hydroxylation is 1. The van der Waals surface area contributed by atoms with E-state index >= 15 is 0 Å². The van der Waals surface area contributed by atoms with E-state index in [-0.39, 0.29) is 0 Å². The fraction of sp³-hybridized carbons (Fsp3) is 0.158. The summed E-state index contributed by atoms with van der Waals surface area (Å²) in [7, 11) is 0. The quantitative estimate of drug-likeness (QED) is 0.717. The van der Waals surface area contributed by atoms with Gasteiger partial charge >= 0.3 is 0 Å². The molecule has 0 saturated carbocycles. The molecule has 0 aliphatic rings. The van der Waals surface area contributed by atoms with Crippen molar-refractivity contribution in [1.82, 2.24) is 4.57 Å². The maximum atomic E-state index is 3.52. The Morgan fingerprint density at radius 3 is 2.38 bits per heavy atom. The van der Waals surface area contributed by atoms with E-state index in [2.05, 4.69) is 77.7 Å². The van der Waals surface area contributed by atoms with Crippen LogP contribution in [0.3, 0.4) is 0 Å². The molecule has 0 amide bonds. The number of anilines is 1. The van der Waals surface area contributed by atoms with Crippen molar-refractivity contribution < 1.29 is 0 Å². The largest absolute Gasteiger partial charge is 0.381 e. The number of benzene rings is 2. The van der Waals surface area contributed by atoms with Crippen molar-refractivity contribution in [3.05, 3.63) is 84.2 Å². The topological polar surface area (TPSA) is 17.0 Å². The molecule has 3 aromatic rings. The summed E-state index contributed by atoms with van der Waals surface area (Å²) in [6.45, 7) is 3.06. The Labute approximate surface area is 126 Å². The third kappa shape index (κ3) is 3.16. The average Bonchev–Trinajstić information content (AvgIpc) is 3.08. The second-order valence-electron chi connectivity index (χ2n) is 5.12. The number of nitrogens with one attached hydrogen (secondary N) is 1. The van der Waals surface area contributed by atoms with Gasteiger partial charge in [-0.05, 0) is 47.9 Å². The standard InChI is InChI=1S/C19H20N2/c1-2-16-8-3-4-9-17(16)15-20-18-10-7-11-19(14-18)21-12-5-6-13-21/h3-14,20H,2,15H2,1H3. The molecule has 106 valence electrons. The van der Waals surface area contributed by atoms with Crippen LogP contribution in [0.15, 0.2) is 73.1 Å². The Balaban J connectivity index is 1.75. The van der Waals surface area contributed by atoms with Gasteiger partial charge in [-0.2, -0.15) is 0 Å². The minimum Gasteiger partial charge on any atom is -0.381 e. The number of hydrogen-bond donors (Lipinski definition) is 1. The fourth-order valence-electron chi connectivity index (χ4n) is 2.56. The first-order valence-electron chi connectivity index (χ1n) is 7.41. The van der Waals surface area contributed by atoms with Crippen molar-refractivity contribution in [1.29, 1.82) is 0 Å². The van der Waals surface area contributed by atoms with E-state index in [1.54, 1.807) is 0 Å². The average molecular weight is 276 g/mol. The SMILES string of the molecule is CCc1ccccc1CNc1cccc(-n2cccc2)c1. The Bertz CT molecular complexity index is 699. The van der Waals surface area contributed by atoms with Crippen LogP contribution in [0.5, 0.6) is 0 Å². The normalized spacial score (nSPS) is 10.5. The molecule has 0 aliphatic heterocycles. The smallest absolute Gasteiger partial charge is 0.0469 e. The Morgan fingerprint density at radius 1 is 0.857 bits per heavy atom. The molecule has 2 aromatic carbocycles. The highest BCUT2D eigenvalue weighted by Crippen LogP contribution is 2.17. The van der Waals surface area contributed by atoms with Crippen LogP contribution in [0.25, 0.3) is 5.69 Å². The second kappa shape index (κ2) is 6.31. The predicted molar refractivity (Wildman–Crippen MR) is 88.9 cm³/mol. The highest BCUT2D eigenvalue weighted by atomic mass is 14.9. The Morgan fingerprint density at radius 2 is 1.62 bits per heavy atom. The highest BCUT2D eigenvalue weighted by molar-refractivity contribution is 5.51. The molecule has 0 bridgehead atoms. The summed E-state index contributed by atoms with van der Waals surface area (Å²) in [5, 5.41) is 3.52. The Hall–Kier alpha value is -2.48. The highest BCUT2D eigenvalue weighted by Gasteiger charge is 2.01. The summed E-state index contributed by atoms with van der Waals surface area (Å²) >= 11 is 0. The van der Waals surface area contributed by atoms with Gasteiger partial charge in [-0.3, -0.25) is 0 Å². The number of aromatic nitrogens is 1. The molecular formula is C19H20N2. The van der Waals surface area contributed by atoms with Crippen molar-refractivity contribution >= 4 is 5.69 Å². The first-order chi connectivity index (χ1) is 10.4. The summed E-state index contributed by atoms with van der Waals surface area (Å²) in [5.41, 5.74) is 5.10. The zero-order valence-corrected chi connectivity index (χ0v) is 12.3. The monoisotopic (exact) mass is 276 g/mol. The molecule has 1 heterocycles.